The first-order valence-corrected chi connectivity index (χ1v) is 21.1. The third-order valence-electron chi connectivity index (χ3n) is 13.3. The van der Waals surface area contributed by atoms with Gasteiger partial charge in [0.05, 0.1) is 5.69 Å². The van der Waals surface area contributed by atoms with Crippen LogP contribution in [0.2, 0.25) is 0 Å². The minimum atomic E-state index is -0.247. The second-order valence-electron chi connectivity index (χ2n) is 17.0. The van der Waals surface area contributed by atoms with Gasteiger partial charge in [-0.2, -0.15) is 0 Å². The molecule has 0 heterocycles. The lowest BCUT2D eigenvalue weighted by Crippen LogP contribution is -2.22. The minimum Gasteiger partial charge on any atom is -0.310 e. The van der Waals surface area contributed by atoms with Crippen molar-refractivity contribution in [1.29, 1.82) is 0 Å². The van der Waals surface area contributed by atoms with E-state index in [-0.39, 0.29) is 10.8 Å². The van der Waals surface area contributed by atoms with Crippen molar-refractivity contribution in [3.05, 3.63) is 246 Å². The summed E-state index contributed by atoms with van der Waals surface area (Å²) in [5.41, 5.74) is 22.4. The van der Waals surface area contributed by atoms with E-state index >= 15 is 0 Å². The van der Waals surface area contributed by atoms with Gasteiger partial charge in [-0.15, -0.1) is 0 Å². The molecule has 0 spiro atoms. The number of para-hydroxylation sites is 1. The van der Waals surface area contributed by atoms with Crippen molar-refractivity contribution in [3.63, 3.8) is 0 Å². The Kier molecular flexibility index (Phi) is 8.36. The lowest BCUT2D eigenvalue weighted by Gasteiger charge is -2.29. The Morgan fingerprint density at radius 1 is 0.317 bits per heavy atom. The molecule has 60 heavy (non-hydrogen) atoms. The Bertz CT molecular complexity index is 3070. The van der Waals surface area contributed by atoms with Crippen LogP contribution in [0.1, 0.15) is 48.6 Å². The summed E-state index contributed by atoms with van der Waals surface area (Å²) in [7, 11) is 0. The molecule has 0 radical (unpaired) electrons. The minimum absolute atomic E-state index is 0.118. The summed E-state index contributed by atoms with van der Waals surface area (Å²) < 4.78 is 0. The molecule has 1 unspecified atom stereocenters. The summed E-state index contributed by atoms with van der Waals surface area (Å²) in [4.78, 5) is 2.43. The molecule has 0 aromatic heterocycles. The fourth-order valence-corrected chi connectivity index (χ4v) is 10.4. The summed E-state index contributed by atoms with van der Waals surface area (Å²) in [6.07, 6.45) is 0. The van der Waals surface area contributed by atoms with Crippen molar-refractivity contribution >= 4 is 17.1 Å². The van der Waals surface area contributed by atoms with E-state index in [0.29, 0.717) is 0 Å². The summed E-state index contributed by atoms with van der Waals surface area (Å²) in [6, 6.07) is 80.5. The molecule has 2 aliphatic rings. The van der Waals surface area contributed by atoms with Gasteiger partial charge >= 0.3 is 0 Å². The monoisotopic (exact) mass is 767 g/mol. The van der Waals surface area contributed by atoms with Crippen LogP contribution in [-0.2, 0) is 10.8 Å². The molecular weight excluding hydrogens is 723 g/mol. The number of rotatable bonds is 7. The Morgan fingerprint density at radius 2 is 0.867 bits per heavy atom. The van der Waals surface area contributed by atoms with Crippen molar-refractivity contribution in [2.45, 2.75) is 31.6 Å². The fourth-order valence-electron chi connectivity index (χ4n) is 10.4. The molecule has 0 bridgehead atoms. The highest BCUT2D eigenvalue weighted by Crippen LogP contribution is 2.54. The SMILES string of the molecule is CC1(C)c2ccccc2-c2cccc(-c3cccc(N(c4ccc(-c5ccc6c(c5)C(C)(c5ccccc5)c5ccccc5-6)cc4)c4ccccc4-c4ccccc4)c3)c21. The van der Waals surface area contributed by atoms with E-state index in [1.807, 2.05) is 0 Å². The molecule has 11 rings (SSSR count). The van der Waals surface area contributed by atoms with Gasteiger partial charge < -0.3 is 4.90 Å². The van der Waals surface area contributed by atoms with Gasteiger partial charge in [-0.3, -0.25) is 0 Å². The molecule has 1 atom stereocenters. The maximum absolute atomic E-state index is 2.43. The summed E-state index contributed by atoms with van der Waals surface area (Å²) >= 11 is 0. The quantitative estimate of drug-likeness (QED) is 0.156. The number of nitrogens with zero attached hydrogens (tertiary/aromatic N) is 1. The first kappa shape index (κ1) is 35.9. The van der Waals surface area contributed by atoms with Crippen LogP contribution in [0.15, 0.2) is 218 Å². The van der Waals surface area contributed by atoms with Crippen molar-refractivity contribution in [2.24, 2.45) is 0 Å². The van der Waals surface area contributed by atoms with Crippen molar-refractivity contribution in [1.82, 2.24) is 0 Å². The lowest BCUT2D eigenvalue weighted by atomic mass is 9.74. The highest BCUT2D eigenvalue weighted by Gasteiger charge is 2.41. The highest BCUT2D eigenvalue weighted by molar-refractivity contribution is 5.92. The first-order valence-electron chi connectivity index (χ1n) is 21.1. The average Bonchev–Trinajstić information content (AvgIpc) is 3.71. The van der Waals surface area contributed by atoms with Crippen molar-refractivity contribution in [3.8, 4) is 55.6 Å². The van der Waals surface area contributed by atoms with Gasteiger partial charge in [0, 0.05) is 27.8 Å². The molecule has 0 saturated heterocycles. The molecule has 0 amide bonds. The third-order valence-corrected chi connectivity index (χ3v) is 13.3. The average molecular weight is 768 g/mol. The topological polar surface area (TPSA) is 3.24 Å². The number of benzene rings is 9. The van der Waals surface area contributed by atoms with Crippen LogP contribution in [0.5, 0.6) is 0 Å². The molecule has 0 N–H and O–H groups in total. The van der Waals surface area contributed by atoms with E-state index < -0.39 is 0 Å². The number of anilines is 3. The Morgan fingerprint density at radius 3 is 1.63 bits per heavy atom. The second kappa shape index (κ2) is 14.0. The Labute approximate surface area is 353 Å². The van der Waals surface area contributed by atoms with Crippen molar-refractivity contribution in [2.75, 3.05) is 4.90 Å². The van der Waals surface area contributed by atoms with E-state index in [1.54, 1.807) is 0 Å². The zero-order valence-electron chi connectivity index (χ0n) is 34.2. The van der Waals surface area contributed by atoms with Crippen molar-refractivity contribution < 1.29 is 0 Å². The highest BCUT2D eigenvalue weighted by atomic mass is 15.1. The molecular formula is C59H45N. The molecule has 2 aliphatic carbocycles. The summed E-state index contributed by atoms with van der Waals surface area (Å²) in [5.74, 6) is 0. The number of hydrogen-bond acceptors (Lipinski definition) is 1. The molecule has 9 aromatic rings. The zero-order valence-corrected chi connectivity index (χ0v) is 34.2. The molecule has 9 aromatic carbocycles. The largest absolute Gasteiger partial charge is 0.310 e. The second-order valence-corrected chi connectivity index (χ2v) is 17.0. The first-order chi connectivity index (χ1) is 29.4. The molecule has 1 heteroatoms. The maximum atomic E-state index is 2.43. The Balaban J connectivity index is 1.04. The molecule has 286 valence electrons. The van der Waals surface area contributed by atoms with Crippen LogP contribution in [0, 0.1) is 0 Å². The fraction of sp³-hybridized carbons (Fsp3) is 0.0847. The predicted molar refractivity (Wildman–Crippen MR) is 252 cm³/mol. The smallest absolute Gasteiger partial charge is 0.0540 e. The van der Waals surface area contributed by atoms with E-state index in [9.17, 15) is 0 Å². The predicted octanol–water partition coefficient (Wildman–Crippen LogP) is 15.8. The molecule has 0 fully saturated rings. The van der Waals surface area contributed by atoms with E-state index in [1.165, 1.54) is 83.5 Å². The summed E-state index contributed by atoms with van der Waals surface area (Å²) in [6.45, 7) is 7.13. The molecule has 1 nitrogen and oxygen atoms in total. The van der Waals surface area contributed by atoms with Gasteiger partial charge in [0.1, 0.15) is 0 Å². The maximum Gasteiger partial charge on any atom is 0.0540 e. The standard InChI is InChI=1S/C59H45N/c1-58(2)53-29-13-10-26-50(53)52-28-17-27-48(57(52)58)43-20-16-23-46(38-43)60(56-31-15-12-24-47(56)41-18-6-4-7-19-41)45-35-32-40(33-36-45)42-34-37-51-49-25-11-14-30-54(49)59(3,55(51)39-42)44-21-8-5-9-22-44/h4-39H,1-3H3. The summed E-state index contributed by atoms with van der Waals surface area (Å²) in [5, 5.41) is 0. The van der Waals surface area contributed by atoms with E-state index in [0.717, 1.165) is 17.1 Å². The zero-order chi connectivity index (χ0) is 40.4. The van der Waals surface area contributed by atoms with Crippen LogP contribution < -0.4 is 4.90 Å². The Hall–Kier alpha value is -7.22. The third kappa shape index (κ3) is 5.53. The number of fused-ring (bicyclic) bond motifs is 6. The molecule has 0 aliphatic heterocycles. The van der Waals surface area contributed by atoms with Gasteiger partial charge in [0.2, 0.25) is 0 Å². The van der Waals surface area contributed by atoms with Crippen LogP contribution in [0.3, 0.4) is 0 Å². The normalized spacial score (nSPS) is 15.4. The molecule has 0 saturated carbocycles. The number of hydrogen-bond donors (Lipinski definition) is 0. The van der Waals surface area contributed by atoms with Gasteiger partial charge in [0.25, 0.3) is 0 Å². The van der Waals surface area contributed by atoms with Crippen LogP contribution in [-0.4, -0.2) is 0 Å². The van der Waals surface area contributed by atoms with Crippen LogP contribution >= 0.6 is 0 Å². The van der Waals surface area contributed by atoms with Gasteiger partial charge in [-0.05, 0) is 121 Å². The van der Waals surface area contributed by atoms with Crippen LogP contribution in [0.25, 0.3) is 55.6 Å². The van der Waals surface area contributed by atoms with Gasteiger partial charge in [0.15, 0.2) is 0 Å². The van der Waals surface area contributed by atoms with E-state index in [4.69, 9.17) is 0 Å². The lowest BCUT2D eigenvalue weighted by molar-refractivity contribution is 0.662. The van der Waals surface area contributed by atoms with E-state index in [2.05, 4.69) is 244 Å². The van der Waals surface area contributed by atoms with Gasteiger partial charge in [-0.1, -0.05) is 196 Å². The van der Waals surface area contributed by atoms with Crippen LogP contribution in [0.4, 0.5) is 17.1 Å². The van der Waals surface area contributed by atoms with Gasteiger partial charge in [-0.25, -0.2) is 0 Å².